The van der Waals surface area contributed by atoms with Gasteiger partial charge in [-0.05, 0) is 67.8 Å². The minimum atomic E-state index is -0.788. The number of thiophene rings is 2. The minimum absolute atomic E-state index is 0.117. The Kier molecular flexibility index (Phi) is 11.8. The number of nitrogens with one attached hydrogen (secondary N) is 1. The maximum atomic E-state index is 15.2. The number of aromatic nitrogens is 5. The van der Waals surface area contributed by atoms with Crippen molar-refractivity contribution in [2.45, 2.75) is 70.9 Å². The highest BCUT2D eigenvalue weighted by Gasteiger charge is 2.44. The molecule has 2 saturated heterocycles. The van der Waals surface area contributed by atoms with Gasteiger partial charge in [0.15, 0.2) is 11.4 Å². The molecule has 7 aromatic rings. The highest BCUT2D eigenvalue weighted by atomic mass is 32.1. The normalized spacial score (nSPS) is 19.0. The van der Waals surface area contributed by atoms with Gasteiger partial charge < -0.3 is 48.5 Å². The van der Waals surface area contributed by atoms with E-state index in [2.05, 4.69) is 29.1 Å². The van der Waals surface area contributed by atoms with Crippen molar-refractivity contribution in [1.82, 2.24) is 39.2 Å². The summed E-state index contributed by atoms with van der Waals surface area (Å²) in [5.41, 5.74) is 8.57. The summed E-state index contributed by atoms with van der Waals surface area (Å²) in [5, 5.41) is 31.2. The SMILES string of the molecule is COc1cc2c(cc1CNC(C)=O)-c1c(c(C(=O)N3CCOCC3(C)Cc3cc(-c4cc5c(cc4OC)OCc4c(C(=O)N6CCCC6(C)CO)nn(-c6ccsc6)c4-5)cn3C)nn1-c1ccsc1)CO2. The highest BCUT2D eigenvalue weighted by molar-refractivity contribution is 7.08. The summed E-state index contributed by atoms with van der Waals surface area (Å²) in [4.78, 5) is 45.2. The van der Waals surface area contributed by atoms with E-state index in [9.17, 15) is 14.7 Å². The molecule has 3 amide bonds. The molecule has 368 valence electrons. The minimum Gasteiger partial charge on any atom is -0.496 e. The summed E-state index contributed by atoms with van der Waals surface area (Å²) >= 11 is 3.08. The van der Waals surface area contributed by atoms with Crippen molar-refractivity contribution in [2.24, 2.45) is 7.05 Å². The second kappa shape index (κ2) is 18.0. The number of carbonyl (C=O) groups is 3. The van der Waals surface area contributed by atoms with E-state index in [1.165, 1.54) is 18.3 Å². The van der Waals surface area contributed by atoms with Gasteiger partial charge in [0.2, 0.25) is 5.91 Å². The van der Waals surface area contributed by atoms with E-state index in [4.69, 9.17) is 33.9 Å². The fourth-order valence-corrected chi connectivity index (χ4v) is 11.8. The number of aliphatic hydroxyl groups excluding tert-OH is 1. The molecule has 2 aromatic carbocycles. The summed E-state index contributed by atoms with van der Waals surface area (Å²) < 4.78 is 36.4. The molecule has 17 nitrogen and oxygen atoms in total. The van der Waals surface area contributed by atoms with Crippen LogP contribution in [0.5, 0.6) is 23.0 Å². The number of amides is 3. The zero-order chi connectivity index (χ0) is 49.3. The van der Waals surface area contributed by atoms with E-state index in [-0.39, 0.29) is 44.1 Å². The summed E-state index contributed by atoms with van der Waals surface area (Å²) in [6, 6.07) is 13.8. The Hall–Kier alpha value is -6.93. The number of morpholine rings is 1. The molecule has 0 spiro atoms. The Morgan fingerprint density at radius 3 is 1.99 bits per heavy atom. The molecule has 2 N–H and O–H groups in total. The molecule has 2 fully saturated rings. The average molecular weight is 999 g/mol. The molecule has 4 aliphatic rings. The van der Waals surface area contributed by atoms with Crippen molar-refractivity contribution in [3.8, 4) is 68.0 Å². The first kappa shape index (κ1) is 46.5. The largest absolute Gasteiger partial charge is 0.496 e. The van der Waals surface area contributed by atoms with Crippen LogP contribution in [0.2, 0.25) is 0 Å². The molecular formula is C52H54N8O9S2. The number of aliphatic hydroxyl groups is 1. The van der Waals surface area contributed by atoms with E-state index < -0.39 is 11.1 Å². The predicted octanol–water partition coefficient (Wildman–Crippen LogP) is 7.42. The monoisotopic (exact) mass is 998 g/mol. The lowest BCUT2D eigenvalue weighted by atomic mass is 9.91. The number of methoxy groups -OCH3 is 2. The third-order valence-corrected chi connectivity index (χ3v) is 15.8. The molecule has 19 heteroatoms. The van der Waals surface area contributed by atoms with Gasteiger partial charge in [-0.15, -0.1) is 0 Å². The number of nitrogens with zero attached hydrogens (tertiary/aromatic N) is 7. The van der Waals surface area contributed by atoms with E-state index in [0.29, 0.717) is 84.7 Å². The molecular weight excluding hydrogens is 945 g/mol. The second-order valence-corrected chi connectivity index (χ2v) is 20.6. The third kappa shape index (κ3) is 7.85. The van der Waals surface area contributed by atoms with Gasteiger partial charge in [-0.3, -0.25) is 14.4 Å². The Morgan fingerprint density at radius 1 is 0.803 bits per heavy atom. The van der Waals surface area contributed by atoms with Crippen molar-refractivity contribution in [3.63, 3.8) is 0 Å². The summed E-state index contributed by atoms with van der Waals surface area (Å²) in [6.45, 7) is 7.36. The van der Waals surface area contributed by atoms with Crippen LogP contribution in [0.25, 0.3) is 45.0 Å². The van der Waals surface area contributed by atoms with E-state index in [1.54, 1.807) is 30.5 Å². The van der Waals surface area contributed by atoms with Gasteiger partial charge in [-0.1, -0.05) is 0 Å². The van der Waals surface area contributed by atoms with E-state index in [0.717, 1.165) is 62.7 Å². The van der Waals surface area contributed by atoms with Gasteiger partial charge in [-0.25, -0.2) is 9.36 Å². The molecule has 4 aliphatic heterocycles. The lowest BCUT2D eigenvalue weighted by Gasteiger charge is -2.44. The van der Waals surface area contributed by atoms with Gasteiger partial charge in [-0.2, -0.15) is 32.9 Å². The highest BCUT2D eigenvalue weighted by Crippen LogP contribution is 2.48. The molecule has 5 aromatic heterocycles. The first-order chi connectivity index (χ1) is 34.3. The number of benzene rings is 2. The lowest BCUT2D eigenvalue weighted by molar-refractivity contribution is -0.119. The zero-order valence-corrected chi connectivity index (χ0v) is 42.0. The van der Waals surface area contributed by atoms with Crippen LogP contribution in [0.1, 0.15) is 77.0 Å². The van der Waals surface area contributed by atoms with E-state index >= 15 is 4.79 Å². The van der Waals surface area contributed by atoms with Crippen molar-refractivity contribution in [3.05, 3.63) is 104 Å². The van der Waals surface area contributed by atoms with Crippen LogP contribution in [0, 0.1) is 0 Å². The average Bonchev–Trinajstić information content (AvgIpc) is 4.25. The van der Waals surface area contributed by atoms with Crippen LogP contribution in [0.15, 0.2) is 70.2 Å². The maximum absolute atomic E-state index is 15.2. The number of fused-ring (bicyclic) bond motifs is 6. The van der Waals surface area contributed by atoms with Crippen molar-refractivity contribution in [1.29, 1.82) is 0 Å². The van der Waals surface area contributed by atoms with Gasteiger partial charge >= 0.3 is 0 Å². The number of hydrogen-bond acceptors (Lipinski definition) is 13. The van der Waals surface area contributed by atoms with Crippen molar-refractivity contribution >= 4 is 40.4 Å². The molecule has 0 bridgehead atoms. The fraction of sp³-hybridized carbons (Fsp3) is 0.365. The zero-order valence-electron chi connectivity index (χ0n) is 40.4. The van der Waals surface area contributed by atoms with Gasteiger partial charge in [0.05, 0.1) is 67.9 Å². The standard InChI is InChI=1S/C52H54N8O9S2/c1-30(62)53-22-31-17-37-43(19-41(31)65-5)68-24-39-46(55-59(47(37)39)33-8-14-70-26-33)50(64)58-12-13-67-29-52(58,3)21-35-16-32(23-56(35)4)36-18-38-44(20-42(36)66-6)69-25-40-45(49(63)57-11-7-10-51(57,2)28-61)54-60(48(38)40)34-9-15-71-27-34/h8-9,14-20,23,26-27,61H,7,10-13,21-22,24-25,28-29H2,1-6H3,(H,53,62). The van der Waals surface area contributed by atoms with Crippen LogP contribution in [-0.4, -0.2) is 115 Å². The van der Waals surface area contributed by atoms with Crippen LogP contribution in [0.3, 0.4) is 0 Å². The fourth-order valence-electron chi connectivity index (χ4n) is 10.6. The maximum Gasteiger partial charge on any atom is 0.275 e. The number of hydrogen-bond donors (Lipinski definition) is 2. The molecule has 11 rings (SSSR count). The summed E-state index contributed by atoms with van der Waals surface area (Å²) in [5.74, 6) is 1.76. The van der Waals surface area contributed by atoms with Crippen LogP contribution >= 0.6 is 22.7 Å². The van der Waals surface area contributed by atoms with Crippen LogP contribution in [0.4, 0.5) is 0 Å². The number of rotatable bonds is 12. The van der Waals surface area contributed by atoms with Crippen molar-refractivity contribution in [2.75, 3.05) is 47.1 Å². The van der Waals surface area contributed by atoms with Crippen molar-refractivity contribution < 1.29 is 43.2 Å². The Labute approximate surface area is 418 Å². The third-order valence-electron chi connectivity index (χ3n) is 14.4. The van der Waals surface area contributed by atoms with E-state index in [1.807, 2.05) is 86.2 Å². The Morgan fingerprint density at radius 2 is 1.41 bits per heavy atom. The van der Waals surface area contributed by atoms with Crippen LogP contribution < -0.4 is 24.3 Å². The number of carbonyl (C=O) groups excluding carboxylic acids is 3. The van der Waals surface area contributed by atoms with Gasteiger partial charge in [0.1, 0.15) is 36.2 Å². The van der Waals surface area contributed by atoms with Crippen LogP contribution in [-0.2, 0) is 42.8 Å². The molecule has 0 radical (unpaired) electrons. The topological polar surface area (TPSA) is 177 Å². The molecule has 0 saturated carbocycles. The molecule has 9 heterocycles. The number of aryl methyl sites for hydroxylation is 1. The molecule has 71 heavy (non-hydrogen) atoms. The second-order valence-electron chi connectivity index (χ2n) is 19.1. The Bertz CT molecular complexity index is 3230. The number of likely N-dealkylation sites (tertiary alicyclic amines) is 1. The lowest BCUT2D eigenvalue weighted by Crippen LogP contribution is -2.59. The summed E-state index contributed by atoms with van der Waals surface area (Å²) in [6.07, 6.45) is 4.02. The molecule has 2 unspecified atom stereocenters. The van der Waals surface area contributed by atoms with Gasteiger partial charge in [0.25, 0.3) is 11.8 Å². The summed E-state index contributed by atoms with van der Waals surface area (Å²) in [7, 11) is 5.21. The van der Waals surface area contributed by atoms with Gasteiger partial charge in [0, 0.05) is 114 Å². The molecule has 0 aliphatic carbocycles. The number of ether oxygens (including phenoxy) is 5. The molecule has 2 atom stereocenters. The predicted molar refractivity (Wildman–Crippen MR) is 267 cm³/mol. The first-order valence-electron chi connectivity index (χ1n) is 23.5. The smallest absolute Gasteiger partial charge is 0.275 e. The quantitative estimate of drug-likeness (QED) is 0.125. The Balaban J connectivity index is 0.942. The first-order valence-corrected chi connectivity index (χ1v) is 25.4.